The molecule has 3 heteroatoms. The smallest absolute Gasteiger partial charge is 0.225 e. The molecule has 0 spiro atoms. The molecule has 0 heterocycles. The molecule has 0 aromatic rings. The van der Waals surface area contributed by atoms with Crippen LogP contribution in [0.1, 0.15) is 44.9 Å². The van der Waals surface area contributed by atoms with Crippen LogP contribution in [0.4, 0.5) is 0 Å². The standard InChI is InChI=1S/C15H24N2O/c16-13-11-6-5-10(7-11)12(13)15(18)17-14(8-1-2-8)9-3-4-9/h8-14H,1-7,16H2,(H,17,18). The first-order chi connectivity index (χ1) is 8.74. The summed E-state index contributed by atoms with van der Waals surface area (Å²) in [6.45, 7) is 0. The molecule has 3 N–H and O–H groups in total. The van der Waals surface area contributed by atoms with E-state index in [-0.39, 0.29) is 12.0 Å². The fourth-order valence-corrected chi connectivity index (χ4v) is 4.52. The van der Waals surface area contributed by atoms with Gasteiger partial charge < -0.3 is 11.1 Å². The summed E-state index contributed by atoms with van der Waals surface area (Å²) in [5.41, 5.74) is 6.26. The minimum absolute atomic E-state index is 0.128. The lowest BCUT2D eigenvalue weighted by molar-refractivity contribution is -0.128. The van der Waals surface area contributed by atoms with E-state index in [2.05, 4.69) is 5.32 Å². The van der Waals surface area contributed by atoms with Crippen LogP contribution >= 0.6 is 0 Å². The zero-order valence-electron chi connectivity index (χ0n) is 11.0. The summed E-state index contributed by atoms with van der Waals surface area (Å²) >= 11 is 0. The van der Waals surface area contributed by atoms with E-state index >= 15 is 0 Å². The predicted molar refractivity (Wildman–Crippen MR) is 69.7 cm³/mol. The van der Waals surface area contributed by atoms with Gasteiger partial charge in [0.05, 0.1) is 5.92 Å². The average Bonchev–Trinajstić information content (AvgIpc) is 3.27. The van der Waals surface area contributed by atoms with Crippen LogP contribution in [0, 0.1) is 29.6 Å². The molecule has 0 aromatic carbocycles. The fourth-order valence-electron chi connectivity index (χ4n) is 4.52. The van der Waals surface area contributed by atoms with Crippen LogP contribution in [-0.4, -0.2) is 18.0 Å². The first kappa shape index (κ1) is 11.3. The summed E-state index contributed by atoms with van der Waals surface area (Å²) in [6, 6.07) is 0.631. The van der Waals surface area contributed by atoms with Gasteiger partial charge in [-0.25, -0.2) is 0 Å². The second-order valence-electron chi connectivity index (χ2n) is 7.15. The minimum atomic E-state index is 0.128. The fraction of sp³-hybridized carbons (Fsp3) is 0.933. The molecular formula is C15H24N2O. The zero-order chi connectivity index (χ0) is 12.3. The Morgan fingerprint density at radius 3 is 2.11 bits per heavy atom. The number of amides is 1. The molecule has 100 valence electrons. The van der Waals surface area contributed by atoms with Crippen LogP contribution in [0.15, 0.2) is 0 Å². The molecule has 4 saturated carbocycles. The quantitative estimate of drug-likeness (QED) is 0.795. The predicted octanol–water partition coefficient (Wildman–Crippen LogP) is 1.66. The van der Waals surface area contributed by atoms with Crippen molar-refractivity contribution in [3.05, 3.63) is 0 Å². The zero-order valence-corrected chi connectivity index (χ0v) is 11.0. The summed E-state index contributed by atoms with van der Waals surface area (Å²) in [6.07, 6.45) is 8.98. The van der Waals surface area contributed by atoms with Gasteiger partial charge in [0.2, 0.25) is 5.91 Å². The molecule has 4 fully saturated rings. The van der Waals surface area contributed by atoms with Gasteiger partial charge in [0.15, 0.2) is 0 Å². The highest BCUT2D eigenvalue weighted by Crippen LogP contribution is 2.49. The summed E-state index contributed by atoms with van der Waals surface area (Å²) in [4.78, 5) is 12.5. The maximum atomic E-state index is 12.5. The van der Waals surface area contributed by atoms with Crippen LogP contribution in [0.2, 0.25) is 0 Å². The number of nitrogens with two attached hydrogens (primary N) is 1. The SMILES string of the molecule is NC1C2CCC(C2)C1C(=O)NC(C1CC1)C1CC1. The number of carbonyl (C=O) groups is 1. The van der Waals surface area contributed by atoms with Crippen molar-refractivity contribution in [2.24, 2.45) is 35.3 Å². The van der Waals surface area contributed by atoms with E-state index < -0.39 is 0 Å². The van der Waals surface area contributed by atoms with E-state index in [0.29, 0.717) is 23.8 Å². The Morgan fingerprint density at radius 2 is 1.61 bits per heavy atom. The van der Waals surface area contributed by atoms with Crippen molar-refractivity contribution in [2.75, 3.05) is 0 Å². The second-order valence-corrected chi connectivity index (χ2v) is 7.15. The molecule has 3 nitrogen and oxygen atoms in total. The van der Waals surface area contributed by atoms with Crippen molar-refractivity contribution in [1.82, 2.24) is 5.32 Å². The molecule has 4 atom stereocenters. The van der Waals surface area contributed by atoms with Gasteiger partial charge in [0.25, 0.3) is 0 Å². The van der Waals surface area contributed by atoms with Gasteiger partial charge >= 0.3 is 0 Å². The molecule has 0 aliphatic heterocycles. The molecule has 1 amide bonds. The Balaban J connectivity index is 1.43. The highest BCUT2D eigenvalue weighted by molar-refractivity contribution is 5.80. The number of carbonyl (C=O) groups excluding carboxylic acids is 1. The van der Waals surface area contributed by atoms with E-state index in [1.807, 2.05) is 0 Å². The molecule has 0 saturated heterocycles. The lowest BCUT2D eigenvalue weighted by Gasteiger charge is -2.29. The Hall–Kier alpha value is -0.570. The van der Waals surface area contributed by atoms with Crippen molar-refractivity contribution in [3.8, 4) is 0 Å². The van der Waals surface area contributed by atoms with Crippen LogP contribution in [-0.2, 0) is 4.79 Å². The van der Waals surface area contributed by atoms with Gasteiger partial charge in [-0.05, 0) is 68.6 Å². The number of nitrogens with one attached hydrogen (secondary N) is 1. The van der Waals surface area contributed by atoms with E-state index in [1.165, 1.54) is 44.9 Å². The van der Waals surface area contributed by atoms with E-state index in [0.717, 1.165) is 11.8 Å². The van der Waals surface area contributed by atoms with Crippen molar-refractivity contribution >= 4 is 5.91 Å². The normalized spacial score (nSPS) is 42.6. The average molecular weight is 248 g/mol. The summed E-state index contributed by atoms with van der Waals surface area (Å²) in [7, 11) is 0. The molecule has 0 radical (unpaired) electrons. The molecule has 0 aromatic heterocycles. The molecular weight excluding hydrogens is 224 g/mol. The topological polar surface area (TPSA) is 55.1 Å². The number of rotatable bonds is 4. The van der Waals surface area contributed by atoms with Gasteiger partial charge in [-0.1, -0.05) is 0 Å². The summed E-state index contributed by atoms with van der Waals surface area (Å²) in [5, 5.41) is 3.38. The first-order valence-electron chi connectivity index (χ1n) is 7.80. The Kier molecular flexibility index (Phi) is 2.48. The Morgan fingerprint density at radius 1 is 1.00 bits per heavy atom. The Bertz CT molecular complexity index is 348. The Labute approximate surface area is 109 Å². The van der Waals surface area contributed by atoms with E-state index in [1.54, 1.807) is 0 Å². The van der Waals surface area contributed by atoms with Gasteiger partial charge in [-0.3, -0.25) is 4.79 Å². The maximum Gasteiger partial charge on any atom is 0.225 e. The van der Waals surface area contributed by atoms with E-state index in [9.17, 15) is 4.79 Å². The maximum absolute atomic E-state index is 12.5. The molecule has 18 heavy (non-hydrogen) atoms. The number of hydrogen-bond donors (Lipinski definition) is 2. The van der Waals surface area contributed by atoms with Gasteiger partial charge in [0.1, 0.15) is 0 Å². The third-order valence-electron chi connectivity index (χ3n) is 5.85. The lowest BCUT2D eigenvalue weighted by atomic mass is 9.84. The van der Waals surface area contributed by atoms with Crippen LogP contribution < -0.4 is 11.1 Å². The molecule has 4 aliphatic rings. The molecule has 2 bridgehead atoms. The van der Waals surface area contributed by atoms with E-state index in [4.69, 9.17) is 5.73 Å². The van der Waals surface area contributed by atoms with Gasteiger partial charge in [-0.2, -0.15) is 0 Å². The lowest BCUT2D eigenvalue weighted by Crippen LogP contribution is -2.49. The van der Waals surface area contributed by atoms with Crippen LogP contribution in [0.25, 0.3) is 0 Å². The number of hydrogen-bond acceptors (Lipinski definition) is 2. The monoisotopic (exact) mass is 248 g/mol. The summed E-state index contributed by atoms with van der Waals surface area (Å²) in [5.74, 6) is 3.21. The molecule has 4 rings (SSSR count). The third-order valence-corrected chi connectivity index (χ3v) is 5.85. The van der Waals surface area contributed by atoms with Crippen LogP contribution in [0.3, 0.4) is 0 Å². The highest BCUT2D eigenvalue weighted by atomic mass is 16.2. The highest BCUT2D eigenvalue weighted by Gasteiger charge is 2.50. The van der Waals surface area contributed by atoms with Gasteiger partial charge in [0, 0.05) is 12.1 Å². The van der Waals surface area contributed by atoms with Crippen LogP contribution in [0.5, 0.6) is 0 Å². The minimum Gasteiger partial charge on any atom is -0.353 e. The van der Waals surface area contributed by atoms with Gasteiger partial charge in [-0.15, -0.1) is 0 Å². The first-order valence-corrected chi connectivity index (χ1v) is 7.80. The van der Waals surface area contributed by atoms with Crippen molar-refractivity contribution in [3.63, 3.8) is 0 Å². The third kappa shape index (κ3) is 1.78. The molecule has 4 unspecified atom stereocenters. The van der Waals surface area contributed by atoms with Crippen molar-refractivity contribution in [2.45, 2.75) is 57.0 Å². The largest absolute Gasteiger partial charge is 0.353 e. The van der Waals surface area contributed by atoms with Crippen molar-refractivity contribution in [1.29, 1.82) is 0 Å². The summed E-state index contributed by atoms with van der Waals surface area (Å²) < 4.78 is 0. The second kappa shape index (κ2) is 3.96. The molecule has 4 aliphatic carbocycles. The number of fused-ring (bicyclic) bond motifs is 2. The van der Waals surface area contributed by atoms with Crippen molar-refractivity contribution < 1.29 is 4.79 Å².